The zero-order valence-corrected chi connectivity index (χ0v) is 14.9. The zero-order chi connectivity index (χ0) is 17.8. The molecule has 0 unspecified atom stereocenters. The maximum Gasteiger partial charge on any atom is 0.0392 e. The fourth-order valence-electron chi connectivity index (χ4n) is 3.54. The van der Waals surface area contributed by atoms with E-state index in [0.29, 0.717) is 0 Å². The minimum Gasteiger partial charge on any atom is -0.402 e. The Balaban J connectivity index is 2.12. The molecule has 0 atom stereocenters. The van der Waals surface area contributed by atoms with Crippen molar-refractivity contribution in [3.05, 3.63) is 88.4 Å². The maximum atomic E-state index is 6.17. The van der Waals surface area contributed by atoms with E-state index < -0.39 is 0 Å². The quantitative estimate of drug-likeness (QED) is 0.759. The first-order chi connectivity index (χ1) is 12.1. The molecule has 3 nitrogen and oxygen atoms in total. The van der Waals surface area contributed by atoms with E-state index >= 15 is 0 Å². The van der Waals surface area contributed by atoms with Crippen LogP contribution in [-0.4, -0.2) is 6.54 Å². The third-order valence-corrected chi connectivity index (χ3v) is 4.82. The third kappa shape index (κ3) is 3.71. The summed E-state index contributed by atoms with van der Waals surface area (Å²) in [6, 6.07) is 10.3. The molecule has 3 heteroatoms. The van der Waals surface area contributed by atoms with Crippen LogP contribution >= 0.6 is 0 Å². The van der Waals surface area contributed by atoms with Gasteiger partial charge in [0, 0.05) is 23.6 Å². The monoisotopic (exact) mass is 333 g/mol. The Labute approximate surface area is 150 Å². The van der Waals surface area contributed by atoms with Crippen LogP contribution in [0.25, 0.3) is 5.57 Å². The highest BCUT2D eigenvalue weighted by Crippen LogP contribution is 2.39. The second-order valence-electron chi connectivity index (χ2n) is 6.60. The molecule has 0 heterocycles. The normalized spacial score (nSPS) is 18.0. The van der Waals surface area contributed by atoms with Crippen molar-refractivity contribution in [1.82, 2.24) is 5.32 Å². The minimum absolute atomic E-state index is 0.878. The Bertz CT molecular complexity index is 792. The van der Waals surface area contributed by atoms with Crippen molar-refractivity contribution in [2.24, 2.45) is 11.5 Å². The summed E-state index contributed by atoms with van der Waals surface area (Å²) in [4.78, 5) is 0. The van der Waals surface area contributed by atoms with Gasteiger partial charge in [-0.25, -0.2) is 0 Å². The lowest BCUT2D eigenvalue weighted by atomic mass is 9.81. The Hall–Kier alpha value is -2.68. The van der Waals surface area contributed by atoms with Crippen molar-refractivity contribution < 1.29 is 0 Å². The molecule has 5 N–H and O–H groups in total. The summed E-state index contributed by atoms with van der Waals surface area (Å²) in [5.74, 6) is 0. The van der Waals surface area contributed by atoms with Gasteiger partial charge in [-0.1, -0.05) is 36.9 Å². The van der Waals surface area contributed by atoms with Crippen LogP contribution in [0.1, 0.15) is 38.2 Å². The molecule has 2 aliphatic carbocycles. The smallest absolute Gasteiger partial charge is 0.0392 e. The third-order valence-electron chi connectivity index (χ3n) is 4.82. The summed E-state index contributed by atoms with van der Waals surface area (Å²) in [5, 5.41) is 3.48. The van der Waals surface area contributed by atoms with E-state index in [4.69, 9.17) is 11.5 Å². The summed E-state index contributed by atoms with van der Waals surface area (Å²) in [6.07, 6.45) is 7.88. The molecule has 0 amide bonds. The van der Waals surface area contributed by atoms with Gasteiger partial charge in [-0.15, -0.1) is 0 Å². The summed E-state index contributed by atoms with van der Waals surface area (Å²) < 4.78 is 0. The molecule has 130 valence electrons. The first-order valence-electron chi connectivity index (χ1n) is 8.97. The Morgan fingerprint density at radius 2 is 1.60 bits per heavy atom. The first kappa shape index (κ1) is 17.2. The second-order valence-corrected chi connectivity index (χ2v) is 6.60. The van der Waals surface area contributed by atoms with Gasteiger partial charge < -0.3 is 16.8 Å². The fraction of sp³-hybridized carbons (Fsp3) is 0.273. The molecule has 2 aliphatic rings. The van der Waals surface area contributed by atoms with Crippen molar-refractivity contribution >= 4 is 5.57 Å². The molecule has 0 aromatic heterocycles. The number of nitrogens with one attached hydrogen (secondary N) is 1. The highest BCUT2D eigenvalue weighted by molar-refractivity contribution is 5.83. The number of hydrogen-bond acceptors (Lipinski definition) is 3. The molecule has 25 heavy (non-hydrogen) atoms. The van der Waals surface area contributed by atoms with Gasteiger partial charge in [0.25, 0.3) is 0 Å². The molecule has 0 aliphatic heterocycles. The molecule has 3 rings (SSSR count). The van der Waals surface area contributed by atoms with Crippen molar-refractivity contribution in [2.75, 3.05) is 6.54 Å². The highest BCUT2D eigenvalue weighted by atomic mass is 14.9. The second kappa shape index (κ2) is 7.47. The van der Waals surface area contributed by atoms with Crippen molar-refractivity contribution in [3.63, 3.8) is 0 Å². The average molecular weight is 333 g/mol. The van der Waals surface area contributed by atoms with Crippen LogP contribution in [0.4, 0.5) is 0 Å². The molecule has 0 bridgehead atoms. The number of rotatable bonds is 5. The van der Waals surface area contributed by atoms with Gasteiger partial charge in [-0.3, -0.25) is 0 Å². The Kier molecular flexibility index (Phi) is 5.13. The summed E-state index contributed by atoms with van der Waals surface area (Å²) >= 11 is 0. The number of likely N-dealkylation sites (N-methyl/N-ethyl adjacent to an activating group) is 1. The molecular formula is C22H27N3. The Morgan fingerprint density at radius 3 is 2.28 bits per heavy atom. The number of benzene rings is 1. The van der Waals surface area contributed by atoms with Gasteiger partial charge >= 0.3 is 0 Å². The van der Waals surface area contributed by atoms with Crippen LogP contribution in [0.5, 0.6) is 0 Å². The molecule has 0 saturated heterocycles. The lowest BCUT2D eigenvalue weighted by molar-refractivity contribution is 0.776. The van der Waals surface area contributed by atoms with Gasteiger partial charge in [0.1, 0.15) is 0 Å². The molecule has 0 fully saturated rings. The van der Waals surface area contributed by atoms with Crippen LogP contribution in [0.15, 0.2) is 82.9 Å². The van der Waals surface area contributed by atoms with Gasteiger partial charge in [0.05, 0.1) is 0 Å². The average Bonchev–Trinajstić information content (AvgIpc) is 2.63. The van der Waals surface area contributed by atoms with Gasteiger partial charge in [0.15, 0.2) is 0 Å². The van der Waals surface area contributed by atoms with E-state index in [1.54, 1.807) is 0 Å². The Morgan fingerprint density at radius 1 is 0.960 bits per heavy atom. The fourth-order valence-corrected chi connectivity index (χ4v) is 3.54. The molecule has 0 saturated carbocycles. The van der Waals surface area contributed by atoms with Gasteiger partial charge in [-0.2, -0.15) is 0 Å². The highest BCUT2D eigenvalue weighted by Gasteiger charge is 2.22. The van der Waals surface area contributed by atoms with E-state index in [0.717, 1.165) is 66.0 Å². The van der Waals surface area contributed by atoms with E-state index in [-0.39, 0.29) is 0 Å². The molecule has 0 spiro atoms. The van der Waals surface area contributed by atoms with Crippen molar-refractivity contribution in [3.8, 4) is 0 Å². The van der Waals surface area contributed by atoms with Crippen LogP contribution < -0.4 is 16.8 Å². The molecule has 0 radical (unpaired) electrons. The van der Waals surface area contributed by atoms with Gasteiger partial charge in [-0.05, 0) is 72.6 Å². The molecular weight excluding hydrogens is 306 g/mol. The van der Waals surface area contributed by atoms with Crippen LogP contribution in [0, 0.1) is 0 Å². The van der Waals surface area contributed by atoms with E-state index in [9.17, 15) is 0 Å². The standard InChI is InChI=1S/C22H27N3/c1-3-25-22-14-18(24)10-12-20(22)19-11-9-17(23)13-21(19)15(2)16-7-5-4-6-8-16/h4-8,13-14,25H,2-3,9-12,23-24H2,1H3. The number of hydrogen-bond donors (Lipinski definition) is 3. The topological polar surface area (TPSA) is 64.1 Å². The zero-order valence-electron chi connectivity index (χ0n) is 14.9. The van der Waals surface area contributed by atoms with Crippen LogP contribution in [-0.2, 0) is 0 Å². The van der Waals surface area contributed by atoms with E-state index in [1.165, 1.54) is 11.1 Å². The van der Waals surface area contributed by atoms with E-state index in [1.807, 2.05) is 18.2 Å². The first-order valence-corrected chi connectivity index (χ1v) is 8.97. The summed E-state index contributed by atoms with van der Waals surface area (Å²) in [5.41, 5.74) is 21.3. The molecule has 1 aromatic carbocycles. The van der Waals surface area contributed by atoms with Crippen molar-refractivity contribution in [2.45, 2.75) is 32.6 Å². The predicted octanol–water partition coefficient (Wildman–Crippen LogP) is 4.13. The van der Waals surface area contributed by atoms with Crippen molar-refractivity contribution in [1.29, 1.82) is 0 Å². The van der Waals surface area contributed by atoms with E-state index in [2.05, 4.69) is 43.1 Å². The van der Waals surface area contributed by atoms with Gasteiger partial charge in [0.2, 0.25) is 0 Å². The SMILES string of the molecule is C=C(C1=C(C2=C(NCC)C=C(N)CC2)CCC(N)=C1)c1ccccc1. The van der Waals surface area contributed by atoms with Crippen LogP contribution in [0.3, 0.4) is 0 Å². The maximum absolute atomic E-state index is 6.17. The molecule has 1 aromatic rings. The lowest BCUT2D eigenvalue weighted by Crippen LogP contribution is -2.20. The number of nitrogens with two attached hydrogens (primary N) is 2. The van der Waals surface area contributed by atoms with Crippen LogP contribution in [0.2, 0.25) is 0 Å². The predicted molar refractivity (Wildman–Crippen MR) is 106 cm³/mol. The summed E-state index contributed by atoms with van der Waals surface area (Å²) in [7, 11) is 0. The lowest BCUT2D eigenvalue weighted by Gasteiger charge is -2.27. The summed E-state index contributed by atoms with van der Waals surface area (Å²) in [6.45, 7) is 7.36. The number of allylic oxidation sites excluding steroid dienone is 8. The largest absolute Gasteiger partial charge is 0.402 e. The minimum atomic E-state index is 0.878.